The molecule has 0 aromatic heterocycles. The van der Waals surface area contributed by atoms with Crippen LogP contribution in [0.25, 0.3) is 0 Å². The predicted molar refractivity (Wildman–Crippen MR) is 73.5 cm³/mol. The molecule has 2 N–H and O–H groups in total. The SMILES string of the molecule is CCc1ccc(S(=O)(=O)NC(CCO)COC)cc1. The van der Waals surface area contributed by atoms with Gasteiger partial charge in [0.25, 0.3) is 0 Å². The minimum absolute atomic E-state index is 0.0919. The Morgan fingerprint density at radius 1 is 1.32 bits per heavy atom. The molecule has 0 bridgehead atoms. The van der Waals surface area contributed by atoms with Gasteiger partial charge in [-0.15, -0.1) is 0 Å². The number of sulfonamides is 1. The zero-order chi connectivity index (χ0) is 14.3. The minimum Gasteiger partial charge on any atom is -0.396 e. The van der Waals surface area contributed by atoms with E-state index >= 15 is 0 Å². The fourth-order valence-electron chi connectivity index (χ4n) is 1.73. The molecule has 1 unspecified atom stereocenters. The maximum Gasteiger partial charge on any atom is 0.240 e. The molecule has 1 aromatic rings. The molecule has 19 heavy (non-hydrogen) atoms. The van der Waals surface area contributed by atoms with Gasteiger partial charge in [-0.05, 0) is 30.5 Å². The van der Waals surface area contributed by atoms with E-state index in [1.807, 2.05) is 6.92 Å². The number of hydrogen-bond donors (Lipinski definition) is 2. The van der Waals surface area contributed by atoms with Gasteiger partial charge in [0.1, 0.15) is 0 Å². The monoisotopic (exact) mass is 287 g/mol. The quantitative estimate of drug-likeness (QED) is 0.745. The van der Waals surface area contributed by atoms with Crippen molar-refractivity contribution in [2.45, 2.75) is 30.7 Å². The van der Waals surface area contributed by atoms with Crippen molar-refractivity contribution in [1.29, 1.82) is 0 Å². The van der Waals surface area contributed by atoms with Gasteiger partial charge in [-0.25, -0.2) is 13.1 Å². The highest BCUT2D eigenvalue weighted by atomic mass is 32.2. The number of nitrogens with one attached hydrogen (secondary N) is 1. The van der Waals surface area contributed by atoms with Crippen LogP contribution in [0.2, 0.25) is 0 Å². The first-order valence-electron chi connectivity index (χ1n) is 6.24. The highest BCUT2D eigenvalue weighted by Gasteiger charge is 2.19. The van der Waals surface area contributed by atoms with Crippen LogP contribution in [0.3, 0.4) is 0 Å². The lowest BCUT2D eigenvalue weighted by Gasteiger charge is -2.17. The van der Waals surface area contributed by atoms with Crippen molar-refractivity contribution >= 4 is 10.0 Å². The molecule has 0 aliphatic heterocycles. The molecule has 0 radical (unpaired) electrons. The standard InChI is InChI=1S/C13H21NO4S/c1-3-11-4-6-13(7-5-11)19(16,17)14-12(8-9-15)10-18-2/h4-7,12,14-15H,3,8-10H2,1-2H3. The molecule has 0 amide bonds. The van der Waals surface area contributed by atoms with Crippen LogP contribution in [-0.4, -0.2) is 39.9 Å². The summed E-state index contributed by atoms with van der Waals surface area (Å²) in [5, 5.41) is 8.91. The minimum atomic E-state index is -3.57. The van der Waals surface area contributed by atoms with Crippen LogP contribution in [0.4, 0.5) is 0 Å². The molecule has 1 atom stereocenters. The van der Waals surface area contributed by atoms with Crippen LogP contribution in [-0.2, 0) is 21.2 Å². The molecule has 6 heteroatoms. The lowest BCUT2D eigenvalue weighted by molar-refractivity contribution is 0.158. The maximum atomic E-state index is 12.1. The van der Waals surface area contributed by atoms with Gasteiger partial charge in [0.05, 0.1) is 11.5 Å². The lowest BCUT2D eigenvalue weighted by atomic mass is 10.2. The Balaban J connectivity index is 2.83. The average molecular weight is 287 g/mol. The van der Waals surface area contributed by atoms with Crippen LogP contribution in [0.1, 0.15) is 18.9 Å². The van der Waals surface area contributed by atoms with E-state index in [4.69, 9.17) is 9.84 Å². The number of ether oxygens (including phenoxy) is 1. The van der Waals surface area contributed by atoms with E-state index in [1.165, 1.54) is 7.11 Å². The Labute approximate surface area is 114 Å². The van der Waals surface area contributed by atoms with Crippen molar-refractivity contribution in [2.75, 3.05) is 20.3 Å². The molecule has 0 saturated heterocycles. The van der Waals surface area contributed by atoms with Crippen molar-refractivity contribution in [3.63, 3.8) is 0 Å². The maximum absolute atomic E-state index is 12.1. The molecule has 1 aromatic carbocycles. The lowest BCUT2D eigenvalue weighted by Crippen LogP contribution is -2.38. The summed E-state index contributed by atoms with van der Waals surface area (Å²) >= 11 is 0. The molecule has 1 rings (SSSR count). The van der Waals surface area contributed by atoms with Gasteiger partial charge in [-0.3, -0.25) is 0 Å². The molecule has 0 saturated carbocycles. The third kappa shape index (κ3) is 4.91. The van der Waals surface area contributed by atoms with Crippen molar-refractivity contribution in [3.05, 3.63) is 29.8 Å². The fraction of sp³-hybridized carbons (Fsp3) is 0.538. The van der Waals surface area contributed by atoms with Crippen LogP contribution in [0.15, 0.2) is 29.2 Å². The Kier molecular flexibility index (Phi) is 6.44. The van der Waals surface area contributed by atoms with Crippen LogP contribution < -0.4 is 4.72 Å². The third-order valence-electron chi connectivity index (χ3n) is 2.81. The van der Waals surface area contributed by atoms with Gasteiger partial charge >= 0.3 is 0 Å². The zero-order valence-corrected chi connectivity index (χ0v) is 12.1. The Morgan fingerprint density at radius 2 is 1.95 bits per heavy atom. The summed E-state index contributed by atoms with van der Waals surface area (Å²) in [5.74, 6) is 0. The van der Waals surface area contributed by atoms with E-state index in [0.717, 1.165) is 12.0 Å². The summed E-state index contributed by atoms with van der Waals surface area (Å²) in [6.07, 6.45) is 1.19. The number of methoxy groups -OCH3 is 1. The van der Waals surface area contributed by atoms with E-state index < -0.39 is 16.1 Å². The first-order chi connectivity index (χ1) is 9.03. The molecular formula is C13H21NO4S. The number of benzene rings is 1. The Morgan fingerprint density at radius 3 is 2.42 bits per heavy atom. The highest BCUT2D eigenvalue weighted by Crippen LogP contribution is 2.12. The third-order valence-corrected chi connectivity index (χ3v) is 4.35. The van der Waals surface area contributed by atoms with Gasteiger partial charge in [-0.1, -0.05) is 19.1 Å². The topological polar surface area (TPSA) is 75.6 Å². The molecule has 5 nitrogen and oxygen atoms in total. The summed E-state index contributed by atoms with van der Waals surface area (Å²) in [7, 11) is -2.08. The van der Waals surface area contributed by atoms with Crippen molar-refractivity contribution in [1.82, 2.24) is 4.72 Å². The average Bonchev–Trinajstić information content (AvgIpc) is 2.39. The fourth-order valence-corrected chi connectivity index (χ4v) is 2.98. The highest BCUT2D eigenvalue weighted by molar-refractivity contribution is 7.89. The molecule has 0 aliphatic rings. The van der Waals surface area contributed by atoms with E-state index in [1.54, 1.807) is 24.3 Å². The molecule has 0 aliphatic carbocycles. The molecule has 0 fully saturated rings. The number of hydrogen-bond acceptors (Lipinski definition) is 4. The van der Waals surface area contributed by atoms with E-state index in [-0.39, 0.29) is 18.1 Å². The van der Waals surface area contributed by atoms with Crippen LogP contribution >= 0.6 is 0 Å². The second kappa shape index (κ2) is 7.59. The molecule has 0 heterocycles. The summed E-state index contributed by atoms with van der Waals surface area (Å²) in [5.41, 5.74) is 1.09. The van der Waals surface area contributed by atoms with E-state index in [0.29, 0.717) is 6.42 Å². The summed E-state index contributed by atoms with van der Waals surface area (Å²) in [6, 6.07) is 6.34. The predicted octanol–water partition coefficient (Wildman–Crippen LogP) is 0.925. The van der Waals surface area contributed by atoms with E-state index in [2.05, 4.69) is 4.72 Å². The van der Waals surface area contributed by atoms with Gasteiger partial charge in [0.15, 0.2) is 0 Å². The van der Waals surface area contributed by atoms with Crippen LogP contribution in [0, 0.1) is 0 Å². The molecular weight excluding hydrogens is 266 g/mol. The van der Waals surface area contributed by atoms with Gasteiger partial charge in [-0.2, -0.15) is 0 Å². The Bertz CT molecular complexity index is 464. The second-order valence-electron chi connectivity index (χ2n) is 4.28. The Hall–Kier alpha value is -0.950. The number of aliphatic hydroxyl groups excluding tert-OH is 1. The first-order valence-corrected chi connectivity index (χ1v) is 7.73. The summed E-state index contributed by atoms with van der Waals surface area (Å²) in [4.78, 5) is 0.226. The number of rotatable bonds is 8. The van der Waals surface area contributed by atoms with Crippen molar-refractivity contribution < 1.29 is 18.3 Å². The molecule has 108 valence electrons. The molecule has 0 spiro atoms. The van der Waals surface area contributed by atoms with Crippen molar-refractivity contribution in [2.24, 2.45) is 0 Å². The normalized spacial score (nSPS) is 13.4. The largest absolute Gasteiger partial charge is 0.396 e. The zero-order valence-electron chi connectivity index (χ0n) is 11.3. The van der Waals surface area contributed by atoms with Crippen molar-refractivity contribution in [3.8, 4) is 0 Å². The van der Waals surface area contributed by atoms with Crippen LogP contribution in [0.5, 0.6) is 0 Å². The summed E-state index contributed by atoms with van der Waals surface area (Å²) < 4.78 is 31.8. The number of aliphatic hydroxyl groups is 1. The second-order valence-corrected chi connectivity index (χ2v) is 6.00. The van der Waals surface area contributed by atoms with E-state index in [9.17, 15) is 8.42 Å². The summed E-state index contributed by atoms with van der Waals surface area (Å²) in [6.45, 7) is 2.15. The van der Waals surface area contributed by atoms with Gasteiger partial charge in [0, 0.05) is 19.8 Å². The van der Waals surface area contributed by atoms with Gasteiger partial charge in [0.2, 0.25) is 10.0 Å². The smallest absolute Gasteiger partial charge is 0.240 e. The first kappa shape index (κ1) is 16.1. The van der Waals surface area contributed by atoms with Gasteiger partial charge < -0.3 is 9.84 Å². The number of aryl methyl sites for hydroxylation is 1.